The Morgan fingerprint density at radius 3 is 0.875 bits per heavy atom. The number of hydrogen-bond acceptors (Lipinski definition) is 36. The van der Waals surface area contributed by atoms with Gasteiger partial charge in [0.2, 0.25) is 53.0 Å². The Balaban J connectivity index is 0.000000165. The van der Waals surface area contributed by atoms with E-state index in [4.69, 9.17) is 199 Å². The second-order valence-electron chi connectivity index (χ2n) is 27.1. The lowest BCUT2D eigenvalue weighted by Crippen LogP contribution is -2.34. The number of rotatable bonds is 26. The molecule has 37 nitrogen and oxygen atoms in total. The Hall–Kier alpha value is -13.3. The van der Waals surface area contributed by atoms with E-state index < -0.39 is 6.03 Å². The molecule has 0 aliphatic heterocycles. The highest BCUT2D eigenvalue weighted by Crippen LogP contribution is 2.27. The van der Waals surface area contributed by atoms with Crippen molar-refractivity contribution in [2.45, 2.75) is 43.6 Å². The molecule has 0 radical (unpaired) electrons. The molecule has 702 valence electrons. The van der Waals surface area contributed by atoms with Gasteiger partial charge in [-0.15, -0.1) is 45.9 Å². The van der Waals surface area contributed by atoms with Gasteiger partial charge in [0.15, 0.2) is 5.11 Å². The highest BCUT2D eigenvalue weighted by Gasteiger charge is 2.15. The number of nitrogens with two attached hydrogens (primary N) is 3. The predicted molar refractivity (Wildman–Crippen MR) is 565 cm³/mol. The van der Waals surface area contributed by atoms with Gasteiger partial charge >= 0.3 is 6.03 Å². The molecule has 22 N–H and O–H groups in total. The summed E-state index contributed by atoms with van der Waals surface area (Å²) >= 11 is 68.9. The molecular weight excluding hydrogens is 2010 g/mol. The first-order valence-corrected chi connectivity index (χ1v) is 45.7. The third kappa shape index (κ3) is 35.2. The number of amides is 2. The summed E-state index contributed by atoms with van der Waals surface area (Å²) < 4.78 is 42.1. The van der Waals surface area contributed by atoms with Gasteiger partial charge in [-0.25, -0.2) is 36.1 Å². The molecule has 0 aliphatic rings. The van der Waals surface area contributed by atoms with Crippen LogP contribution >= 0.6 is 171 Å². The molecule has 7 heterocycles. The number of nitrogens with zero attached hydrogens (tertiary/aromatic N) is 9. The first-order chi connectivity index (χ1) is 65.7. The third-order valence-electron chi connectivity index (χ3n) is 17.6. The number of aromatic nitrogens is 14. The van der Waals surface area contributed by atoms with Crippen molar-refractivity contribution in [1.82, 2.24) is 109 Å². The first-order valence-electron chi connectivity index (χ1n) is 39.5. The number of hydrogen-bond donors (Lipinski definition) is 21. The zero-order valence-electron chi connectivity index (χ0n) is 71.4. The number of H-pyrrole nitrogens is 5. The molecular formula is C85H83ClN28O9S13. The van der Waals surface area contributed by atoms with Crippen LogP contribution < -0.4 is 81.5 Å². The summed E-state index contributed by atoms with van der Waals surface area (Å²) in [6, 6.07) is 67.6. The van der Waals surface area contributed by atoms with Gasteiger partial charge in [-0.1, -0.05) is 133 Å². The predicted octanol–water partition coefficient (Wildman–Crippen LogP) is 17.6. The van der Waals surface area contributed by atoms with E-state index in [0.717, 1.165) is 101 Å². The van der Waals surface area contributed by atoms with Crippen molar-refractivity contribution in [3.8, 4) is 85.9 Å². The normalized spacial score (nSPS) is 10.2. The number of likely N-dealkylation sites (N-methyl/N-ethyl adjacent to an activating group) is 1. The fraction of sp³-hybridized carbons (Fsp3) is 0.118. The first kappa shape index (κ1) is 105. The second-order valence-corrected chi connectivity index (χ2v) is 32.9. The fourth-order valence-electron chi connectivity index (χ4n) is 10.9. The van der Waals surface area contributed by atoms with Crippen LogP contribution in [0.5, 0.6) is 5.75 Å². The summed E-state index contributed by atoms with van der Waals surface area (Å²) in [6.45, 7) is 0. The number of hydrazine groups is 5. The van der Waals surface area contributed by atoms with Gasteiger partial charge in [0.1, 0.15) is 5.75 Å². The number of halogens is 1. The van der Waals surface area contributed by atoms with E-state index in [2.05, 4.69) is 150 Å². The largest absolute Gasteiger partial charge is 0.497 e. The lowest BCUT2D eigenvalue weighted by atomic mass is 10.1. The summed E-state index contributed by atoms with van der Waals surface area (Å²) in [5, 5.41) is 60.8. The molecule has 0 spiro atoms. The Kier molecular flexibility index (Phi) is 42.3. The molecule has 2 amide bonds. The summed E-state index contributed by atoms with van der Waals surface area (Å²) in [5.41, 5.74) is 33.6. The molecule has 136 heavy (non-hydrogen) atoms. The molecule has 9 aromatic carbocycles. The number of urea groups is 1. The molecule has 0 bridgehead atoms. The molecule has 0 saturated heterocycles. The van der Waals surface area contributed by atoms with Crippen LogP contribution in [0.15, 0.2) is 249 Å². The van der Waals surface area contributed by atoms with Crippen molar-refractivity contribution in [1.29, 1.82) is 0 Å². The van der Waals surface area contributed by atoms with Crippen molar-refractivity contribution in [2.24, 2.45) is 17.5 Å². The molecule has 0 aliphatic carbocycles. The second kappa shape index (κ2) is 54.9. The van der Waals surface area contributed by atoms with Crippen molar-refractivity contribution in [2.75, 3.05) is 42.7 Å². The van der Waals surface area contributed by atoms with E-state index in [1.165, 1.54) is 0 Å². The van der Waals surface area contributed by atoms with E-state index in [1.807, 2.05) is 207 Å². The van der Waals surface area contributed by atoms with E-state index in [9.17, 15) is 4.79 Å². The molecule has 16 aromatic rings. The summed E-state index contributed by atoms with van der Waals surface area (Å²) in [4.78, 5) is 15.6. The van der Waals surface area contributed by atoms with Gasteiger partial charge in [-0.05, 0) is 259 Å². The van der Waals surface area contributed by atoms with Crippen LogP contribution in [0, 0.1) is 24.2 Å². The van der Waals surface area contributed by atoms with Crippen LogP contribution in [0.3, 0.4) is 0 Å². The smallest absolute Gasteiger partial charge is 0.333 e. The number of carbonyl (C=O) groups is 1. The minimum absolute atomic E-state index is 0.213. The fourth-order valence-corrected chi connectivity index (χ4v) is 13.0. The van der Waals surface area contributed by atoms with Crippen LogP contribution in [-0.4, -0.2) is 129 Å². The number of anilines is 4. The monoisotopic (exact) mass is 2090 g/mol. The lowest BCUT2D eigenvalue weighted by Gasteiger charge is -2.11. The number of nitrogens with one attached hydrogen (secondary N) is 16. The SMILES string of the molecule is CNC(=S)Cc1ccc(-c2nnc(CS)o2)cc1.CNC(=S)Nc1ccc(-c2n[nH]c(=S)o2)cc1.COc1ccc(NNC(=S)Cc2ccc(-c3n[nH]c(=S)o3)cc2)cc1.NNC(=O)Nc1ccc(-c2n[nH]c(=S)o2)cc1.NNC(=S)Cc1ccc(-c2n[nH]c(=S)o2)cc1.NNC(=S)Cc1ccc(-c2nnc(CS)o2)cc1.S=C(Cc1ccc(-c2n[nH]c(=S)o2)cc1)NNc1ccc(Cl)cc1. The number of benzene rings is 9. The van der Waals surface area contributed by atoms with Crippen molar-refractivity contribution < 1.29 is 40.5 Å². The maximum Gasteiger partial charge on any atom is 0.333 e. The van der Waals surface area contributed by atoms with Crippen LogP contribution in [0.2, 0.25) is 5.02 Å². The van der Waals surface area contributed by atoms with Crippen molar-refractivity contribution in [3.05, 3.63) is 287 Å². The number of carbonyl (C=O) groups excluding carboxylic acids is 1. The van der Waals surface area contributed by atoms with Crippen LogP contribution in [0.25, 0.3) is 80.2 Å². The van der Waals surface area contributed by atoms with Gasteiger partial charge in [0, 0.05) is 102 Å². The average Bonchev–Trinajstić information content (AvgIpc) is 1.71. The summed E-state index contributed by atoms with van der Waals surface area (Å²) in [5.74, 6) is 21.4. The molecule has 51 heteroatoms. The third-order valence-corrected chi connectivity index (χ3v) is 20.9. The van der Waals surface area contributed by atoms with E-state index in [1.54, 1.807) is 38.4 Å². The minimum atomic E-state index is -0.491. The quantitative estimate of drug-likeness (QED) is 0.00787. The highest BCUT2D eigenvalue weighted by molar-refractivity contribution is 7.81. The topological polar surface area (TPSA) is 524 Å². The average molecular weight is 2090 g/mol. The molecule has 0 fully saturated rings. The van der Waals surface area contributed by atoms with Gasteiger partial charge in [-0.3, -0.25) is 28.0 Å². The standard InChI is InChI=1S/C17H16N4O2S2.C16H13ClN4OS2.C12H13N3OS2.C11H12N4OS2.2C10H10N4OS2.C9H9N5O2S/c1-22-14-8-6-13(7-9-14)18-19-15(24)10-11-2-4-12(5-3-11)16-20-21-17(25)23-16;17-12-5-7-13(8-6-12)18-19-14(23)9-10-1-3-11(4-2-10)15-20-21-16(24)22-15;1-13-11(18)6-8-2-4-9(5-3-8)12-15-14-10(7-17)16-12;12-13-10(18)5-7-1-3-8(4-2-7)11-15-14-9(6-17)16-11;1-11-9(16)12-7-4-2-6(3-5-7)8-13-14-10(17)15-8;11-12-8(16)5-6-1-3-7(4-2-6)9-13-14-10(17)15-9;10-12-8(15)11-6-3-1-5(2-4-6)7-13-14-9(17)16-7/h2-9,18H,10H2,1H3,(H,19,24)(H,21,25);1-8,18H,9H2,(H,19,23)(H,21,24);2-5,17H,6-7H2,1H3,(H,13,18);1-4,17H,5-6,12H2,(H,13,18);2-5H,1H3,(H,14,17)(H2,11,12,16);1-4H,5,11H2,(H,12,16)(H,14,17);1-4H,10H2,(H,14,17)(H2,11,12,15). The van der Waals surface area contributed by atoms with E-state index in [0.29, 0.717) is 126 Å². The van der Waals surface area contributed by atoms with Crippen molar-refractivity contribution in [3.63, 3.8) is 0 Å². The number of methoxy groups -OCH3 is 1. The van der Waals surface area contributed by atoms with E-state index >= 15 is 0 Å². The maximum atomic E-state index is 10.9. The molecule has 7 aromatic heterocycles. The Morgan fingerprint density at radius 1 is 0.346 bits per heavy atom. The molecule has 0 unspecified atom stereocenters. The molecule has 16 rings (SSSR count). The number of aromatic amines is 5. The Morgan fingerprint density at radius 2 is 0.618 bits per heavy atom. The summed E-state index contributed by atoms with van der Waals surface area (Å²) in [6.07, 6.45) is 3.18. The maximum absolute atomic E-state index is 10.9. The van der Waals surface area contributed by atoms with Gasteiger partial charge in [0.25, 0.3) is 24.2 Å². The van der Waals surface area contributed by atoms with Crippen LogP contribution in [0.1, 0.15) is 39.6 Å². The van der Waals surface area contributed by atoms with Crippen LogP contribution in [0.4, 0.5) is 27.5 Å². The minimum Gasteiger partial charge on any atom is -0.497 e. The summed E-state index contributed by atoms with van der Waals surface area (Å²) in [7, 11) is 5.23. The zero-order chi connectivity index (χ0) is 97.3. The van der Waals surface area contributed by atoms with Gasteiger partial charge in [-0.2, -0.15) is 25.3 Å². The van der Waals surface area contributed by atoms with Crippen molar-refractivity contribution >= 4 is 230 Å². The Labute approximate surface area is 849 Å². The highest BCUT2D eigenvalue weighted by atomic mass is 35.5. The number of ether oxygens (including phenoxy) is 1. The number of thiocarbonyl (C=S) groups is 6. The van der Waals surface area contributed by atoms with E-state index in [-0.39, 0.29) is 24.2 Å². The lowest BCUT2D eigenvalue weighted by molar-refractivity contribution is 0.252. The number of thiol groups is 2. The van der Waals surface area contributed by atoms with Gasteiger partial charge < -0.3 is 78.6 Å². The van der Waals surface area contributed by atoms with Gasteiger partial charge in [0.05, 0.1) is 54.9 Å². The molecule has 0 atom stereocenters. The van der Waals surface area contributed by atoms with Crippen LogP contribution in [-0.2, 0) is 43.6 Å². The zero-order valence-corrected chi connectivity index (χ0v) is 83.0. The molecule has 0 saturated carbocycles. The Bertz CT molecular complexity index is 6520.